The zero-order valence-electron chi connectivity index (χ0n) is 8.89. The lowest BCUT2D eigenvalue weighted by molar-refractivity contribution is 1.46. The van der Waals surface area contributed by atoms with Gasteiger partial charge in [0.1, 0.15) is 0 Å². The smallest absolute Gasteiger partial charge is 0.0571 e. The molecule has 0 aliphatic carbocycles. The quantitative estimate of drug-likeness (QED) is 0.651. The molecule has 17 heavy (non-hydrogen) atoms. The van der Waals surface area contributed by atoms with Crippen molar-refractivity contribution in [2.24, 2.45) is 0 Å². The lowest BCUT2D eigenvalue weighted by Crippen LogP contribution is -1.84. The maximum Gasteiger partial charge on any atom is 0.0571 e. The van der Waals surface area contributed by atoms with Gasteiger partial charge in [-0.2, -0.15) is 0 Å². The van der Waals surface area contributed by atoms with Gasteiger partial charge in [0.25, 0.3) is 0 Å². The van der Waals surface area contributed by atoms with Crippen LogP contribution in [0.3, 0.4) is 0 Å². The molecule has 0 heterocycles. The van der Waals surface area contributed by atoms with Gasteiger partial charge in [-0.1, -0.05) is 33.2 Å². The Morgan fingerprint density at radius 3 is 2.12 bits per heavy atom. The van der Waals surface area contributed by atoms with Gasteiger partial charge in [0.05, 0.1) is 5.02 Å². The van der Waals surface area contributed by atoms with Crippen LogP contribution in [0, 0.1) is 0 Å². The Morgan fingerprint density at radius 1 is 0.824 bits per heavy atom. The third-order valence-electron chi connectivity index (χ3n) is 2.06. The number of hydrogen-bond acceptors (Lipinski definition) is 4. The van der Waals surface area contributed by atoms with E-state index in [0.29, 0.717) is 10.7 Å². The van der Waals surface area contributed by atoms with Crippen LogP contribution in [0.5, 0.6) is 0 Å². The molecule has 0 aliphatic rings. The first-order valence-corrected chi connectivity index (χ1v) is 7.43. The normalized spacial score (nSPS) is 10.4. The summed E-state index contributed by atoms with van der Waals surface area (Å²) in [6, 6.07) is 13.3. The van der Waals surface area contributed by atoms with E-state index in [0.717, 1.165) is 15.5 Å². The number of rotatable bonds is 3. The molecule has 2 nitrogen and oxygen atoms in total. The fourth-order valence-corrected chi connectivity index (χ4v) is 3.67. The average molecular weight is 283 g/mol. The molecule has 0 unspecified atom stereocenters. The number of nitrogen functional groups attached to an aromatic ring is 2. The minimum Gasteiger partial charge on any atom is -0.399 e. The van der Waals surface area contributed by atoms with E-state index < -0.39 is 0 Å². The summed E-state index contributed by atoms with van der Waals surface area (Å²) < 4.78 is 0. The van der Waals surface area contributed by atoms with Crippen molar-refractivity contribution in [1.82, 2.24) is 0 Å². The molecule has 0 aliphatic heterocycles. The summed E-state index contributed by atoms with van der Waals surface area (Å²) in [5.41, 5.74) is 12.7. The number of halogens is 1. The Balaban J connectivity index is 2.04. The Labute approximate surface area is 113 Å². The Bertz CT molecular complexity index is 514. The summed E-state index contributed by atoms with van der Waals surface area (Å²) in [7, 11) is 3.24. The van der Waals surface area contributed by atoms with Gasteiger partial charge in [0.15, 0.2) is 0 Å². The molecule has 2 aromatic carbocycles. The molecule has 0 atom stereocenters. The molecule has 0 radical (unpaired) electrons. The van der Waals surface area contributed by atoms with Crippen molar-refractivity contribution in [3.63, 3.8) is 0 Å². The van der Waals surface area contributed by atoms with Gasteiger partial charge in [-0.25, -0.2) is 0 Å². The summed E-state index contributed by atoms with van der Waals surface area (Å²) in [6.07, 6.45) is 0. The van der Waals surface area contributed by atoms with Crippen LogP contribution in [0.4, 0.5) is 11.4 Å². The maximum absolute atomic E-state index is 6.09. The number of benzene rings is 2. The lowest BCUT2D eigenvalue weighted by Gasteiger charge is -2.04. The summed E-state index contributed by atoms with van der Waals surface area (Å²) in [6.45, 7) is 0. The van der Waals surface area contributed by atoms with Crippen LogP contribution >= 0.6 is 33.2 Å². The molecular weight excluding hydrogens is 272 g/mol. The SMILES string of the molecule is Nc1ccc(SSc2ccc(N)cc2Cl)cc1. The van der Waals surface area contributed by atoms with E-state index >= 15 is 0 Å². The predicted octanol–water partition coefficient (Wildman–Crippen LogP) is 4.30. The van der Waals surface area contributed by atoms with Gasteiger partial charge in [-0.15, -0.1) is 0 Å². The zero-order valence-corrected chi connectivity index (χ0v) is 11.3. The first-order valence-electron chi connectivity index (χ1n) is 4.90. The van der Waals surface area contributed by atoms with Crippen molar-refractivity contribution in [1.29, 1.82) is 0 Å². The second-order valence-corrected chi connectivity index (χ2v) is 6.08. The Hall–Kier alpha value is -0.970. The van der Waals surface area contributed by atoms with Crippen LogP contribution in [0.1, 0.15) is 0 Å². The van der Waals surface area contributed by atoms with Crippen LogP contribution in [0.25, 0.3) is 0 Å². The highest BCUT2D eigenvalue weighted by Crippen LogP contribution is 2.41. The van der Waals surface area contributed by atoms with Crippen molar-refractivity contribution in [3.8, 4) is 0 Å². The molecule has 0 amide bonds. The van der Waals surface area contributed by atoms with E-state index in [1.165, 1.54) is 0 Å². The fourth-order valence-electron chi connectivity index (χ4n) is 1.20. The van der Waals surface area contributed by atoms with Crippen LogP contribution < -0.4 is 11.5 Å². The largest absolute Gasteiger partial charge is 0.399 e. The molecular formula is C12H11ClN2S2. The van der Waals surface area contributed by atoms with Crippen molar-refractivity contribution in [3.05, 3.63) is 47.5 Å². The first-order chi connectivity index (χ1) is 8.15. The van der Waals surface area contributed by atoms with Crippen LogP contribution in [-0.2, 0) is 0 Å². The molecule has 0 saturated heterocycles. The van der Waals surface area contributed by atoms with E-state index in [4.69, 9.17) is 23.1 Å². The van der Waals surface area contributed by atoms with Crippen molar-refractivity contribution < 1.29 is 0 Å². The molecule has 4 N–H and O–H groups in total. The van der Waals surface area contributed by atoms with Crippen LogP contribution in [0.2, 0.25) is 5.02 Å². The van der Waals surface area contributed by atoms with E-state index in [1.807, 2.05) is 36.4 Å². The molecule has 0 spiro atoms. The van der Waals surface area contributed by atoms with E-state index in [1.54, 1.807) is 27.7 Å². The highest BCUT2D eigenvalue weighted by atomic mass is 35.5. The van der Waals surface area contributed by atoms with E-state index in [9.17, 15) is 0 Å². The fraction of sp³-hybridized carbons (Fsp3) is 0. The molecule has 0 bridgehead atoms. The topological polar surface area (TPSA) is 52.0 Å². The molecule has 5 heteroatoms. The molecule has 2 aromatic rings. The molecule has 0 saturated carbocycles. The van der Waals surface area contributed by atoms with Gasteiger partial charge in [0.2, 0.25) is 0 Å². The lowest BCUT2D eigenvalue weighted by atomic mass is 10.3. The standard InChI is InChI=1S/C12H11ClN2S2/c13-11-7-9(15)3-6-12(11)17-16-10-4-1-8(14)2-5-10/h1-7H,14-15H2. The third-order valence-corrected chi connectivity index (χ3v) is 4.94. The molecule has 0 aromatic heterocycles. The minimum absolute atomic E-state index is 0.678. The van der Waals surface area contributed by atoms with E-state index in [-0.39, 0.29) is 0 Å². The van der Waals surface area contributed by atoms with Gasteiger partial charge in [0, 0.05) is 21.2 Å². The average Bonchev–Trinajstić information content (AvgIpc) is 2.30. The Morgan fingerprint density at radius 2 is 1.47 bits per heavy atom. The number of hydrogen-bond donors (Lipinski definition) is 2. The first kappa shape index (κ1) is 12.5. The van der Waals surface area contributed by atoms with Crippen LogP contribution in [0.15, 0.2) is 52.3 Å². The summed E-state index contributed by atoms with van der Waals surface area (Å²) in [4.78, 5) is 2.14. The van der Waals surface area contributed by atoms with Crippen molar-refractivity contribution in [2.45, 2.75) is 9.79 Å². The van der Waals surface area contributed by atoms with Crippen molar-refractivity contribution in [2.75, 3.05) is 11.5 Å². The maximum atomic E-state index is 6.09. The summed E-state index contributed by atoms with van der Waals surface area (Å²) in [5, 5.41) is 0.679. The summed E-state index contributed by atoms with van der Waals surface area (Å²) >= 11 is 6.09. The molecule has 2 rings (SSSR count). The predicted molar refractivity (Wildman–Crippen MR) is 78.4 cm³/mol. The monoisotopic (exact) mass is 282 g/mol. The van der Waals surface area contributed by atoms with Gasteiger partial charge < -0.3 is 11.5 Å². The van der Waals surface area contributed by atoms with Gasteiger partial charge in [-0.3, -0.25) is 0 Å². The Kier molecular flexibility index (Phi) is 4.10. The third kappa shape index (κ3) is 3.49. The van der Waals surface area contributed by atoms with Gasteiger partial charge >= 0.3 is 0 Å². The minimum atomic E-state index is 0.678. The second kappa shape index (κ2) is 5.58. The highest BCUT2D eigenvalue weighted by molar-refractivity contribution is 8.76. The molecule has 88 valence electrons. The number of nitrogens with two attached hydrogens (primary N) is 2. The van der Waals surface area contributed by atoms with Gasteiger partial charge in [-0.05, 0) is 42.5 Å². The van der Waals surface area contributed by atoms with E-state index in [2.05, 4.69) is 0 Å². The van der Waals surface area contributed by atoms with Crippen molar-refractivity contribution >= 4 is 44.6 Å². The second-order valence-electron chi connectivity index (χ2n) is 3.43. The zero-order chi connectivity index (χ0) is 12.3. The molecule has 0 fully saturated rings. The summed E-state index contributed by atoms with van der Waals surface area (Å²) in [5.74, 6) is 0. The highest BCUT2D eigenvalue weighted by Gasteiger charge is 2.03. The van der Waals surface area contributed by atoms with Crippen LogP contribution in [-0.4, -0.2) is 0 Å². The number of anilines is 2.